The van der Waals surface area contributed by atoms with Crippen LogP contribution in [0.1, 0.15) is 13.3 Å². The van der Waals surface area contributed by atoms with Crippen molar-refractivity contribution in [2.24, 2.45) is 0 Å². The first-order chi connectivity index (χ1) is 9.19. The van der Waals surface area contributed by atoms with Crippen molar-refractivity contribution < 1.29 is 9.47 Å². The molecule has 0 saturated heterocycles. The molecule has 5 heteroatoms. The zero-order valence-corrected chi connectivity index (χ0v) is 11.4. The lowest BCUT2D eigenvalue weighted by molar-refractivity contribution is 0.302. The Morgan fingerprint density at radius 2 is 2.11 bits per heavy atom. The second-order valence-electron chi connectivity index (χ2n) is 3.95. The van der Waals surface area contributed by atoms with Gasteiger partial charge in [-0.3, -0.25) is 0 Å². The van der Waals surface area contributed by atoms with E-state index in [0.29, 0.717) is 34.8 Å². The van der Waals surface area contributed by atoms with Crippen LogP contribution in [0.3, 0.4) is 0 Å². The highest BCUT2D eigenvalue weighted by Crippen LogP contribution is 2.27. The number of rotatable bonds is 5. The van der Waals surface area contributed by atoms with Crippen LogP contribution in [-0.2, 0) is 0 Å². The third-order valence-corrected chi connectivity index (χ3v) is 2.56. The summed E-state index contributed by atoms with van der Waals surface area (Å²) in [7, 11) is 0. The topological polar surface area (TPSA) is 57.4 Å². The Kier molecular flexibility index (Phi) is 4.47. The second kappa shape index (κ2) is 6.29. The van der Waals surface area contributed by atoms with Gasteiger partial charge < -0.3 is 15.2 Å². The zero-order valence-electron chi connectivity index (χ0n) is 10.6. The Bertz CT molecular complexity index is 561. The van der Waals surface area contributed by atoms with Gasteiger partial charge in [-0.15, -0.1) is 0 Å². The van der Waals surface area contributed by atoms with Crippen molar-refractivity contribution in [1.82, 2.24) is 4.98 Å². The number of hydrogen-bond donors (Lipinski definition) is 1. The van der Waals surface area contributed by atoms with E-state index in [1.165, 1.54) is 0 Å². The molecule has 0 amide bonds. The van der Waals surface area contributed by atoms with Gasteiger partial charge >= 0.3 is 0 Å². The van der Waals surface area contributed by atoms with Gasteiger partial charge in [0.05, 0.1) is 12.3 Å². The predicted molar refractivity (Wildman–Crippen MR) is 76.0 cm³/mol. The van der Waals surface area contributed by atoms with E-state index >= 15 is 0 Å². The number of hydrogen-bond acceptors (Lipinski definition) is 4. The van der Waals surface area contributed by atoms with Gasteiger partial charge in [-0.2, -0.15) is 4.98 Å². The first-order valence-electron chi connectivity index (χ1n) is 6.02. The number of nitrogen functional groups attached to an aromatic ring is 1. The molecule has 0 unspecified atom stereocenters. The molecule has 0 aliphatic carbocycles. The summed E-state index contributed by atoms with van der Waals surface area (Å²) in [5.41, 5.74) is 6.28. The molecule has 0 bridgehead atoms. The largest absolute Gasteiger partial charge is 0.476 e. The molecule has 19 heavy (non-hydrogen) atoms. The molecule has 100 valence electrons. The van der Waals surface area contributed by atoms with Gasteiger partial charge in [0.1, 0.15) is 5.75 Å². The highest BCUT2D eigenvalue weighted by molar-refractivity contribution is 6.30. The van der Waals surface area contributed by atoms with E-state index in [-0.39, 0.29) is 0 Å². The quantitative estimate of drug-likeness (QED) is 0.901. The Balaban J connectivity index is 2.16. The maximum absolute atomic E-state index is 5.89. The van der Waals surface area contributed by atoms with Gasteiger partial charge in [0.25, 0.3) is 0 Å². The Morgan fingerprint density at radius 3 is 2.84 bits per heavy atom. The summed E-state index contributed by atoms with van der Waals surface area (Å²) >= 11 is 5.89. The fourth-order valence-electron chi connectivity index (χ4n) is 1.46. The molecule has 0 saturated carbocycles. The number of pyridine rings is 1. The van der Waals surface area contributed by atoms with Gasteiger partial charge in [0.15, 0.2) is 0 Å². The molecular weight excluding hydrogens is 264 g/mol. The third-order valence-electron chi connectivity index (χ3n) is 2.33. The van der Waals surface area contributed by atoms with Crippen LogP contribution < -0.4 is 15.2 Å². The van der Waals surface area contributed by atoms with E-state index in [1.54, 1.807) is 30.3 Å². The first-order valence-corrected chi connectivity index (χ1v) is 6.39. The lowest BCUT2D eigenvalue weighted by Crippen LogP contribution is -2.02. The smallest absolute Gasteiger partial charge is 0.240 e. The van der Waals surface area contributed by atoms with E-state index in [0.717, 1.165) is 6.42 Å². The average molecular weight is 279 g/mol. The Hall–Kier alpha value is -1.94. The number of nitrogens with two attached hydrogens (primary N) is 1. The normalized spacial score (nSPS) is 10.2. The average Bonchev–Trinajstić information content (AvgIpc) is 2.39. The number of ether oxygens (including phenoxy) is 2. The number of nitrogens with zero attached hydrogens (tertiary/aromatic N) is 1. The number of aromatic nitrogens is 1. The minimum Gasteiger partial charge on any atom is -0.476 e. The molecular formula is C14H15ClN2O2. The van der Waals surface area contributed by atoms with Crippen LogP contribution in [0.5, 0.6) is 17.5 Å². The molecule has 2 N–H and O–H groups in total. The lowest BCUT2D eigenvalue weighted by Gasteiger charge is -2.09. The minimum atomic E-state index is 0.390. The molecule has 0 aliphatic rings. The SMILES string of the molecule is CCCOc1nc(Oc2cccc(Cl)c2)ccc1N. The Morgan fingerprint density at radius 1 is 1.26 bits per heavy atom. The molecule has 4 nitrogen and oxygen atoms in total. The number of benzene rings is 1. The molecule has 1 aromatic heterocycles. The molecule has 0 aliphatic heterocycles. The van der Waals surface area contributed by atoms with Crippen LogP contribution in [-0.4, -0.2) is 11.6 Å². The molecule has 0 fully saturated rings. The minimum absolute atomic E-state index is 0.390. The second-order valence-corrected chi connectivity index (χ2v) is 4.39. The number of halogens is 1. The number of anilines is 1. The van der Waals surface area contributed by atoms with Crippen LogP contribution in [0.25, 0.3) is 0 Å². The van der Waals surface area contributed by atoms with Gasteiger partial charge in [-0.25, -0.2) is 0 Å². The van der Waals surface area contributed by atoms with Crippen molar-refractivity contribution in [1.29, 1.82) is 0 Å². The van der Waals surface area contributed by atoms with E-state index in [1.807, 2.05) is 13.0 Å². The monoisotopic (exact) mass is 278 g/mol. The van der Waals surface area contributed by atoms with Crippen molar-refractivity contribution in [3.8, 4) is 17.5 Å². The van der Waals surface area contributed by atoms with Crippen molar-refractivity contribution in [3.63, 3.8) is 0 Å². The van der Waals surface area contributed by atoms with E-state index in [4.69, 9.17) is 26.8 Å². The molecule has 0 spiro atoms. The maximum Gasteiger partial charge on any atom is 0.240 e. The van der Waals surface area contributed by atoms with Crippen molar-refractivity contribution in [3.05, 3.63) is 41.4 Å². The Labute approximate surface area is 117 Å². The summed E-state index contributed by atoms with van der Waals surface area (Å²) in [6, 6.07) is 10.5. The summed E-state index contributed by atoms with van der Waals surface area (Å²) in [4.78, 5) is 4.22. The molecule has 0 radical (unpaired) electrons. The highest BCUT2D eigenvalue weighted by Gasteiger charge is 2.06. The third kappa shape index (κ3) is 3.76. The standard InChI is InChI=1S/C14H15ClN2O2/c1-2-8-18-14-12(16)6-7-13(17-14)19-11-5-3-4-10(15)9-11/h3-7,9H,2,8,16H2,1H3. The van der Waals surface area contributed by atoms with Gasteiger partial charge in [0, 0.05) is 11.1 Å². The highest BCUT2D eigenvalue weighted by atomic mass is 35.5. The fraction of sp³-hybridized carbons (Fsp3) is 0.214. The van der Waals surface area contributed by atoms with Crippen molar-refractivity contribution >= 4 is 17.3 Å². The molecule has 0 atom stereocenters. The van der Waals surface area contributed by atoms with Gasteiger partial charge in [-0.05, 0) is 30.7 Å². The van der Waals surface area contributed by atoms with Gasteiger partial charge in [-0.1, -0.05) is 24.6 Å². The molecule has 1 aromatic carbocycles. The van der Waals surface area contributed by atoms with Crippen LogP contribution in [0, 0.1) is 0 Å². The fourth-order valence-corrected chi connectivity index (χ4v) is 1.64. The van der Waals surface area contributed by atoms with E-state index in [2.05, 4.69) is 4.98 Å². The van der Waals surface area contributed by atoms with E-state index in [9.17, 15) is 0 Å². The van der Waals surface area contributed by atoms with Crippen molar-refractivity contribution in [2.45, 2.75) is 13.3 Å². The van der Waals surface area contributed by atoms with Crippen LogP contribution >= 0.6 is 11.6 Å². The van der Waals surface area contributed by atoms with Crippen LogP contribution in [0.4, 0.5) is 5.69 Å². The molecule has 1 heterocycles. The van der Waals surface area contributed by atoms with Crippen LogP contribution in [0.2, 0.25) is 5.02 Å². The zero-order chi connectivity index (χ0) is 13.7. The predicted octanol–water partition coefficient (Wildman–Crippen LogP) is 3.90. The summed E-state index contributed by atoms with van der Waals surface area (Å²) in [6.45, 7) is 2.58. The summed E-state index contributed by atoms with van der Waals surface area (Å²) in [6.07, 6.45) is 0.889. The molecule has 2 aromatic rings. The summed E-state index contributed by atoms with van der Waals surface area (Å²) in [5.74, 6) is 1.43. The maximum atomic E-state index is 5.89. The lowest BCUT2D eigenvalue weighted by atomic mass is 10.3. The summed E-state index contributed by atoms with van der Waals surface area (Å²) < 4.78 is 11.0. The van der Waals surface area contributed by atoms with E-state index < -0.39 is 0 Å². The van der Waals surface area contributed by atoms with Crippen molar-refractivity contribution in [2.75, 3.05) is 12.3 Å². The van der Waals surface area contributed by atoms with Gasteiger partial charge in [0.2, 0.25) is 11.8 Å². The summed E-state index contributed by atoms with van der Waals surface area (Å²) in [5, 5.41) is 0.607. The first kappa shape index (κ1) is 13.5. The molecule has 2 rings (SSSR count). The van der Waals surface area contributed by atoms with Crippen LogP contribution in [0.15, 0.2) is 36.4 Å².